The Bertz CT molecular complexity index is 900. The number of nitrogens with two attached hydrogens (primary N) is 1. The summed E-state index contributed by atoms with van der Waals surface area (Å²) in [6, 6.07) is 14.0. The number of rotatable bonds is 5. The minimum atomic E-state index is -0.504. The number of benzene rings is 2. The normalized spacial score (nSPS) is 10.4. The van der Waals surface area contributed by atoms with Crippen molar-refractivity contribution in [1.82, 2.24) is 20.2 Å². The second-order valence-corrected chi connectivity index (χ2v) is 5.50. The molecule has 0 unspecified atom stereocenters. The molecule has 8 heteroatoms. The van der Waals surface area contributed by atoms with E-state index < -0.39 is 5.91 Å². The van der Waals surface area contributed by atoms with Crippen LogP contribution in [0.25, 0.3) is 11.4 Å². The highest BCUT2D eigenvalue weighted by molar-refractivity contribution is 5.93. The van der Waals surface area contributed by atoms with Gasteiger partial charge in [-0.15, -0.1) is 10.2 Å². The lowest BCUT2D eigenvalue weighted by Gasteiger charge is -2.04. The van der Waals surface area contributed by atoms with Crippen molar-refractivity contribution in [3.8, 4) is 11.4 Å². The molecule has 1 heterocycles. The Kier molecular flexibility index (Phi) is 4.51. The molecule has 3 aromatic rings. The lowest BCUT2D eigenvalue weighted by Crippen LogP contribution is -2.20. The zero-order valence-corrected chi connectivity index (χ0v) is 13.5. The van der Waals surface area contributed by atoms with Gasteiger partial charge in [-0.3, -0.25) is 9.59 Å². The van der Waals surface area contributed by atoms with Crippen molar-refractivity contribution >= 4 is 17.5 Å². The van der Waals surface area contributed by atoms with Crippen molar-refractivity contribution in [2.45, 2.75) is 13.5 Å². The van der Waals surface area contributed by atoms with E-state index in [0.29, 0.717) is 22.6 Å². The molecule has 2 amide bonds. The maximum absolute atomic E-state index is 12.0. The third kappa shape index (κ3) is 4.05. The van der Waals surface area contributed by atoms with E-state index in [1.54, 1.807) is 24.3 Å². The summed E-state index contributed by atoms with van der Waals surface area (Å²) in [5.41, 5.74) is 8.10. The number of anilines is 1. The summed E-state index contributed by atoms with van der Waals surface area (Å²) in [5.74, 6) is -0.396. The number of tetrazole rings is 1. The predicted octanol–water partition coefficient (Wildman–Crippen LogP) is 1.39. The number of hydrogen-bond acceptors (Lipinski definition) is 5. The highest BCUT2D eigenvalue weighted by atomic mass is 16.2. The second-order valence-electron chi connectivity index (χ2n) is 5.50. The number of nitrogens with zero attached hydrogens (tertiary/aromatic N) is 4. The fourth-order valence-electron chi connectivity index (χ4n) is 2.18. The van der Waals surface area contributed by atoms with Crippen LogP contribution in [-0.4, -0.2) is 32.0 Å². The number of carbonyl (C=O) groups excluding carboxylic acids is 2. The summed E-state index contributed by atoms with van der Waals surface area (Å²) in [7, 11) is 0. The number of nitrogens with one attached hydrogen (secondary N) is 1. The number of primary amides is 1. The van der Waals surface area contributed by atoms with Gasteiger partial charge in [0, 0.05) is 16.8 Å². The molecule has 1 aromatic heterocycles. The first-order valence-electron chi connectivity index (χ1n) is 7.56. The molecule has 0 aliphatic carbocycles. The Morgan fingerprint density at radius 1 is 1.08 bits per heavy atom. The molecule has 8 nitrogen and oxygen atoms in total. The van der Waals surface area contributed by atoms with E-state index in [1.807, 2.05) is 31.2 Å². The smallest absolute Gasteiger partial charge is 0.248 e. The minimum Gasteiger partial charge on any atom is -0.366 e. The molecule has 0 bridgehead atoms. The Morgan fingerprint density at radius 3 is 2.40 bits per heavy atom. The zero-order chi connectivity index (χ0) is 17.8. The molecular formula is C17H16N6O2. The average molecular weight is 336 g/mol. The van der Waals surface area contributed by atoms with E-state index in [1.165, 1.54) is 4.80 Å². The van der Waals surface area contributed by atoms with Gasteiger partial charge in [-0.2, -0.15) is 4.80 Å². The largest absolute Gasteiger partial charge is 0.366 e. The first-order valence-corrected chi connectivity index (χ1v) is 7.56. The van der Waals surface area contributed by atoms with Crippen LogP contribution in [0, 0.1) is 6.92 Å². The molecule has 0 fully saturated rings. The van der Waals surface area contributed by atoms with Crippen LogP contribution in [0.3, 0.4) is 0 Å². The van der Waals surface area contributed by atoms with E-state index in [9.17, 15) is 9.59 Å². The topological polar surface area (TPSA) is 116 Å². The summed E-state index contributed by atoms with van der Waals surface area (Å²) >= 11 is 0. The first-order chi connectivity index (χ1) is 12.0. The average Bonchev–Trinajstić information content (AvgIpc) is 3.05. The monoisotopic (exact) mass is 336 g/mol. The molecule has 25 heavy (non-hydrogen) atoms. The summed E-state index contributed by atoms with van der Waals surface area (Å²) in [5, 5.41) is 14.7. The van der Waals surface area contributed by atoms with Crippen molar-refractivity contribution in [2.75, 3.05) is 5.32 Å². The van der Waals surface area contributed by atoms with Gasteiger partial charge in [0.15, 0.2) is 0 Å². The SMILES string of the molecule is Cc1ccc(NC(=O)Cn2nnc(-c3ccc(C(N)=O)cc3)n2)cc1. The molecule has 0 aliphatic heterocycles. The van der Waals surface area contributed by atoms with Gasteiger partial charge < -0.3 is 11.1 Å². The van der Waals surface area contributed by atoms with Crippen LogP contribution in [0.4, 0.5) is 5.69 Å². The Hall–Kier alpha value is -3.55. The van der Waals surface area contributed by atoms with Crippen molar-refractivity contribution in [2.24, 2.45) is 5.73 Å². The molecule has 3 N–H and O–H groups in total. The fraction of sp³-hybridized carbons (Fsp3) is 0.118. The van der Waals surface area contributed by atoms with Crippen molar-refractivity contribution in [3.05, 3.63) is 59.7 Å². The van der Waals surface area contributed by atoms with Crippen LogP contribution in [0.5, 0.6) is 0 Å². The van der Waals surface area contributed by atoms with Gasteiger partial charge in [0.2, 0.25) is 17.6 Å². The number of hydrogen-bond donors (Lipinski definition) is 2. The van der Waals surface area contributed by atoms with Crippen LogP contribution in [-0.2, 0) is 11.3 Å². The van der Waals surface area contributed by atoms with Gasteiger partial charge in [-0.1, -0.05) is 29.8 Å². The minimum absolute atomic E-state index is 0.0553. The molecular weight excluding hydrogens is 320 g/mol. The van der Waals surface area contributed by atoms with Gasteiger partial charge in [-0.05, 0) is 36.4 Å². The van der Waals surface area contributed by atoms with Crippen LogP contribution >= 0.6 is 0 Å². The molecule has 3 rings (SSSR count). The number of carbonyl (C=O) groups is 2. The number of amides is 2. The Morgan fingerprint density at radius 2 is 1.76 bits per heavy atom. The summed E-state index contributed by atoms with van der Waals surface area (Å²) in [4.78, 5) is 24.3. The van der Waals surface area contributed by atoms with Gasteiger partial charge in [0.25, 0.3) is 0 Å². The molecule has 0 atom stereocenters. The van der Waals surface area contributed by atoms with Gasteiger partial charge in [0.1, 0.15) is 6.54 Å². The van der Waals surface area contributed by atoms with Gasteiger partial charge in [-0.25, -0.2) is 0 Å². The quantitative estimate of drug-likeness (QED) is 0.730. The van der Waals surface area contributed by atoms with E-state index in [0.717, 1.165) is 5.56 Å². The Balaban J connectivity index is 1.65. The van der Waals surface area contributed by atoms with Crippen LogP contribution in [0.15, 0.2) is 48.5 Å². The number of aryl methyl sites for hydroxylation is 1. The van der Waals surface area contributed by atoms with Crippen LogP contribution < -0.4 is 11.1 Å². The maximum Gasteiger partial charge on any atom is 0.248 e. The van der Waals surface area contributed by atoms with Gasteiger partial charge in [0.05, 0.1) is 0 Å². The van der Waals surface area contributed by atoms with Crippen LogP contribution in [0.1, 0.15) is 15.9 Å². The fourth-order valence-corrected chi connectivity index (χ4v) is 2.18. The third-order valence-corrected chi connectivity index (χ3v) is 3.50. The molecule has 0 radical (unpaired) electrons. The molecule has 2 aromatic carbocycles. The van der Waals surface area contributed by atoms with Gasteiger partial charge >= 0.3 is 0 Å². The molecule has 126 valence electrons. The second kappa shape index (κ2) is 6.91. The molecule has 0 saturated heterocycles. The summed E-state index contributed by atoms with van der Waals surface area (Å²) < 4.78 is 0. The molecule has 0 spiro atoms. The zero-order valence-electron chi connectivity index (χ0n) is 13.5. The summed E-state index contributed by atoms with van der Waals surface area (Å²) in [6.07, 6.45) is 0. The van der Waals surface area contributed by atoms with E-state index in [4.69, 9.17) is 5.73 Å². The molecule has 0 saturated carbocycles. The van der Waals surface area contributed by atoms with Crippen molar-refractivity contribution in [3.63, 3.8) is 0 Å². The van der Waals surface area contributed by atoms with Crippen molar-refractivity contribution < 1.29 is 9.59 Å². The standard InChI is InChI=1S/C17H16N6O2/c1-11-2-8-14(9-3-11)19-15(24)10-23-21-17(20-22-23)13-6-4-12(5-7-13)16(18)25/h2-9H,10H2,1H3,(H2,18,25)(H,19,24). The predicted molar refractivity (Wildman–Crippen MR) is 91.6 cm³/mol. The summed E-state index contributed by atoms with van der Waals surface area (Å²) in [6.45, 7) is 1.92. The first kappa shape index (κ1) is 16.3. The Labute approximate surface area is 143 Å². The highest BCUT2D eigenvalue weighted by Gasteiger charge is 2.10. The highest BCUT2D eigenvalue weighted by Crippen LogP contribution is 2.14. The lowest BCUT2D eigenvalue weighted by atomic mass is 10.1. The lowest BCUT2D eigenvalue weighted by molar-refractivity contribution is -0.117. The third-order valence-electron chi connectivity index (χ3n) is 3.50. The van der Waals surface area contributed by atoms with E-state index >= 15 is 0 Å². The molecule has 0 aliphatic rings. The van der Waals surface area contributed by atoms with E-state index in [-0.39, 0.29) is 12.5 Å². The van der Waals surface area contributed by atoms with Crippen molar-refractivity contribution in [1.29, 1.82) is 0 Å². The van der Waals surface area contributed by atoms with E-state index in [2.05, 4.69) is 20.7 Å². The maximum atomic E-state index is 12.0. The number of aromatic nitrogens is 4. The van der Waals surface area contributed by atoms with Crippen LogP contribution in [0.2, 0.25) is 0 Å².